The highest BCUT2D eigenvalue weighted by molar-refractivity contribution is 5.82. The number of nitrogens with zero attached hydrogens (tertiary/aromatic N) is 1. The van der Waals surface area contributed by atoms with Gasteiger partial charge >= 0.3 is 5.97 Å². The number of rotatable bonds is 2. The molecule has 0 bridgehead atoms. The van der Waals surface area contributed by atoms with Crippen molar-refractivity contribution >= 4 is 11.9 Å². The summed E-state index contributed by atoms with van der Waals surface area (Å²) in [5.74, 6) is -0.834. The third kappa shape index (κ3) is 2.97. The van der Waals surface area contributed by atoms with Crippen molar-refractivity contribution in [1.82, 2.24) is 10.2 Å². The summed E-state index contributed by atoms with van der Waals surface area (Å²) in [6.45, 7) is 2.10. The summed E-state index contributed by atoms with van der Waals surface area (Å²) in [4.78, 5) is 24.8. The van der Waals surface area contributed by atoms with Crippen LogP contribution in [0, 0.1) is 5.92 Å². The standard InChI is InChI=1S/C12H20N2O3/c15-11(10-3-1-2-6-13-10)14-7-4-9(5-8-14)12(16)17/h9-10,13H,1-8H2,(H,16,17)/t10-/m1/s1. The van der Waals surface area contributed by atoms with Gasteiger partial charge in [0.1, 0.15) is 0 Å². The summed E-state index contributed by atoms with van der Waals surface area (Å²) in [7, 11) is 0. The molecule has 2 rings (SSSR count). The van der Waals surface area contributed by atoms with Crippen molar-refractivity contribution < 1.29 is 14.7 Å². The Morgan fingerprint density at radius 1 is 1.12 bits per heavy atom. The van der Waals surface area contributed by atoms with E-state index in [9.17, 15) is 9.59 Å². The van der Waals surface area contributed by atoms with Gasteiger partial charge in [-0.15, -0.1) is 0 Å². The summed E-state index contributed by atoms with van der Waals surface area (Å²) < 4.78 is 0. The second-order valence-electron chi connectivity index (χ2n) is 4.94. The molecule has 5 nitrogen and oxygen atoms in total. The Hall–Kier alpha value is -1.10. The van der Waals surface area contributed by atoms with E-state index >= 15 is 0 Å². The fourth-order valence-corrected chi connectivity index (χ4v) is 2.63. The van der Waals surface area contributed by atoms with Crippen molar-refractivity contribution in [3.63, 3.8) is 0 Å². The molecule has 2 heterocycles. The first-order valence-corrected chi connectivity index (χ1v) is 6.43. The summed E-state index contributed by atoms with van der Waals surface area (Å²) in [5, 5.41) is 12.1. The zero-order valence-corrected chi connectivity index (χ0v) is 10.0. The lowest BCUT2D eigenvalue weighted by atomic mass is 9.95. The van der Waals surface area contributed by atoms with Crippen molar-refractivity contribution in [2.75, 3.05) is 19.6 Å². The van der Waals surface area contributed by atoms with E-state index in [0.29, 0.717) is 25.9 Å². The van der Waals surface area contributed by atoms with Crippen LogP contribution in [0.4, 0.5) is 0 Å². The Kier molecular flexibility index (Phi) is 3.99. The summed E-state index contributed by atoms with van der Waals surface area (Å²) in [6.07, 6.45) is 4.35. The normalized spacial score (nSPS) is 26.8. The minimum atomic E-state index is -0.729. The fraction of sp³-hybridized carbons (Fsp3) is 0.833. The Bertz CT molecular complexity index is 292. The molecule has 0 aromatic carbocycles. The molecule has 0 unspecified atom stereocenters. The van der Waals surface area contributed by atoms with Crippen molar-refractivity contribution in [3.05, 3.63) is 0 Å². The van der Waals surface area contributed by atoms with Crippen LogP contribution in [0.25, 0.3) is 0 Å². The van der Waals surface area contributed by atoms with Crippen molar-refractivity contribution in [2.45, 2.75) is 38.1 Å². The van der Waals surface area contributed by atoms with E-state index in [1.807, 2.05) is 4.90 Å². The number of aliphatic carboxylic acids is 1. The molecule has 2 aliphatic rings. The second kappa shape index (κ2) is 5.49. The lowest BCUT2D eigenvalue weighted by Gasteiger charge is -2.34. The first-order valence-electron chi connectivity index (χ1n) is 6.43. The number of piperidine rings is 2. The molecular formula is C12H20N2O3. The highest BCUT2D eigenvalue weighted by Crippen LogP contribution is 2.19. The van der Waals surface area contributed by atoms with E-state index < -0.39 is 5.97 Å². The zero-order chi connectivity index (χ0) is 12.3. The Morgan fingerprint density at radius 2 is 1.82 bits per heavy atom. The number of likely N-dealkylation sites (tertiary alicyclic amines) is 1. The number of hydrogen-bond donors (Lipinski definition) is 2. The maximum absolute atomic E-state index is 12.1. The zero-order valence-electron chi connectivity index (χ0n) is 10.0. The molecular weight excluding hydrogens is 220 g/mol. The maximum Gasteiger partial charge on any atom is 0.306 e. The van der Waals surface area contributed by atoms with Crippen LogP contribution in [0.5, 0.6) is 0 Å². The first kappa shape index (κ1) is 12.4. The van der Waals surface area contributed by atoms with Gasteiger partial charge in [0.15, 0.2) is 0 Å². The molecule has 1 amide bonds. The molecule has 0 saturated carbocycles. The van der Waals surface area contributed by atoms with Crippen molar-refractivity contribution in [3.8, 4) is 0 Å². The molecule has 0 aliphatic carbocycles. The van der Waals surface area contributed by atoms with Gasteiger partial charge in [-0.2, -0.15) is 0 Å². The smallest absolute Gasteiger partial charge is 0.306 e. The van der Waals surface area contributed by atoms with Crippen LogP contribution in [-0.4, -0.2) is 47.6 Å². The van der Waals surface area contributed by atoms with Crippen LogP contribution in [0.3, 0.4) is 0 Å². The molecule has 2 aliphatic heterocycles. The minimum Gasteiger partial charge on any atom is -0.481 e. The monoisotopic (exact) mass is 240 g/mol. The van der Waals surface area contributed by atoms with Crippen LogP contribution < -0.4 is 5.32 Å². The Morgan fingerprint density at radius 3 is 2.35 bits per heavy atom. The van der Waals surface area contributed by atoms with Gasteiger partial charge in [0, 0.05) is 13.1 Å². The number of carboxylic acids is 1. The molecule has 2 fully saturated rings. The predicted molar refractivity (Wildman–Crippen MR) is 62.6 cm³/mol. The van der Waals surface area contributed by atoms with Gasteiger partial charge in [-0.05, 0) is 32.2 Å². The Labute approximate surface area is 101 Å². The average Bonchev–Trinajstić information content (AvgIpc) is 2.39. The molecule has 17 heavy (non-hydrogen) atoms. The van der Waals surface area contributed by atoms with Crippen LogP contribution in [0.2, 0.25) is 0 Å². The van der Waals surface area contributed by atoms with Gasteiger partial charge in [0.25, 0.3) is 0 Å². The summed E-state index contributed by atoms with van der Waals surface area (Å²) in [6, 6.07) is -0.0369. The van der Waals surface area contributed by atoms with Gasteiger partial charge in [-0.3, -0.25) is 9.59 Å². The number of amides is 1. The molecule has 2 N–H and O–H groups in total. The number of carboxylic acid groups (broad SMARTS) is 1. The lowest BCUT2D eigenvalue weighted by molar-refractivity contribution is -0.146. The fourth-order valence-electron chi connectivity index (χ4n) is 2.63. The van der Waals surface area contributed by atoms with Crippen molar-refractivity contribution in [2.24, 2.45) is 5.92 Å². The quantitative estimate of drug-likeness (QED) is 0.735. The topological polar surface area (TPSA) is 69.6 Å². The van der Waals surface area contributed by atoms with Crippen LogP contribution >= 0.6 is 0 Å². The lowest BCUT2D eigenvalue weighted by Crippen LogP contribution is -2.51. The van der Waals surface area contributed by atoms with E-state index in [1.165, 1.54) is 0 Å². The average molecular weight is 240 g/mol. The highest BCUT2D eigenvalue weighted by Gasteiger charge is 2.30. The number of carbonyl (C=O) groups is 2. The third-order valence-electron chi connectivity index (χ3n) is 3.76. The van der Waals surface area contributed by atoms with E-state index in [4.69, 9.17) is 5.11 Å². The van der Waals surface area contributed by atoms with E-state index in [-0.39, 0.29) is 17.9 Å². The van der Waals surface area contributed by atoms with E-state index in [1.54, 1.807) is 0 Å². The van der Waals surface area contributed by atoms with Gasteiger partial charge in [0.05, 0.1) is 12.0 Å². The second-order valence-corrected chi connectivity index (χ2v) is 4.94. The van der Waals surface area contributed by atoms with E-state index in [2.05, 4.69) is 5.32 Å². The van der Waals surface area contributed by atoms with Crippen molar-refractivity contribution in [1.29, 1.82) is 0 Å². The number of nitrogens with one attached hydrogen (secondary N) is 1. The summed E-state index contributed by atoms with van der Waals surface area (Å²) in [5.41, 5.74) is 0. The van der Waals surface area contributed by atoms with Gasteiger partial charge in [-0.1, -0.05) is 6.42 Å². The largest absolute Gasteiger partial charge is 0.481 e. The molecule has 0 spiro atoms. The third-order valence-corrected chi connectivity index (χ3v) is 3.76. The summed E-state index contributed by atoms with van der Waals surface area (Å²) >= 11 is 0. The van der Waals surface area contributed by atoms with Gasteiger partial charge in [0.2, 0.25) is 5.91 Å². The van der Waals surface area contributed by atoms with Gasteiger partial charge < -0.3 is 15.3 Å². The predicted octanol–water partition coefficient (Wildman–Crippen LogP) is 0.452. The molecule has 0 radical (unpaired) electrons. The van der Waals surface area contributed by atoms with Crippen LogP contribution in [-0.2, 0) is 9.59 Å². The number of carbonyl (C=O) groups excluding carboxylic acids is 1. The first-order chi connectivity index (χ1) is 8.18. The molecule has 1 atom stereocenters. The molecule has 5 heteroatoms. The van der Waals surface area contributed by atoms with Gasteiger partial charge in [-0.25, -0.2) is 0 Å². The molecule has 0 aromatic heterocycles. The Balaban J connectivity index is 1.83. The van der Waals surface area contributed by atoms with E-state index in [0.717, 1.165) is 25.8 Å². The molecule has 96 valence electrons. The molecule has 2 saturated heterocycles. The number of hydrogen-bond acceptors (Lipinski definition) is 3. The van der Waals surface area contributed by atoms with Crippen LogP contribution in [0.15, 0.2) is 0 Å². The highest BCUT2D eigenvalue weighted by atomic mass is 16.4. The maximum atomic E-state index is 12.1. The van der Waals surface area contributed by atoms with Crippen LogP contribution in [0.1, 0.15) is 32.1 Å². The molecule has 0 aromatic rings. The minimum absolute atomic E-state index is 0.0369. The SMILES string of the molecule is O=C(O)C1CCN(C(=O)[C@H]2CCCCN2)CC1.